The first-order valence-electron chi connectivity index (χ1n) is 9.63. The number of aromatic nitrogens is 2. The SMILES string of the molecule is CC(C)(C)C(=O)OC[C@H]1OC(n2ccc(=O)[nH]c2=O)[C@@](C)(O)[C@@H]1OC(=O)C(C)(C)C. The number of hydrogen-bond acceptors (Lipinski definition) is 8. The Labute approximate surface area is 174 Å². The molecule has 0 amide bonds. The first-order valence-corrected chi connectivity index (χ1v) is 9.63. The lowest BCUT2D eigenvalue weighted by atomic mass is 9.93. The lowest BCUT2D eigenvalue weighted by molar-refractivity contribution is -0.175. The van der Waals surface area contributed by atoms with Crippen LogP contribution in [0.1, 0.15) is 54.7 Å². The third-order valence-electron chi connectivity index (χ3n) is 4.66. The Kier molecular flexibility index (Phi) is 6.34. The average Bonchev–Trinajstić information content (AvgIpc) is 2.82. The van der Waals surface area contributed by atoms with Crippen LogP contribution in [0.4, 0.5) is 0 Å². The number of aromatic amines is 1. The highest BCUT2D eigenvalue weighted by Gasteiger charge is 2.57. The Morgan fingerprint density at radius 1 is 1.17 bits per heavy atom. The summed E-state index contributed by atoms with van der Waals surface area (Å²) in [7, 11) is 0. The maximum absolute atomic E-state index is 12.5. The van der Waals surface area contributed by atoms with E-state index in [2.05, 4.69) is 4.98 Å². The molecule has 2 rings (SSSR count). The van der Waals surface area contributed by atoms with E-state index in [0.717, 1.165) is 10.6 Å². The van der Waals surface area contributed by atoms with Crippen molar-refractivity contribution < 1.29 is 28.9 Å². The predicted octanol–water partition coefficient (Wildman–Crippen LogP) is 0.732. The number of nitrogens with one attached hydrogen (secondary N) is 1. The van der Waals surface area contributed by atoms with Crippen molar-refractivity contribution in [2.75, 3.05) is 6.61 Å². The largest absolute Gasteiger partial charge is 0.462 e. The zero-order valence-corrected chi connectivity index (χ0v) is 18.3. The molecule has 168 valence electrons. The average molecular weight is 426 g/mol. The summed E-state index contributed by atoms with van der Waals surface area (Å²) < 4.78 is 17.6. The molecule has 1 aliphatic heterocycles. The molecule has 10 nitrogen and oxygen atoms in total. The number of esters is 2. The van der Waals surface area contributed by atoms with Gasteiger partial charge in [-0.25, -0.2) is 4.79 Å². The third-order valence-corrected chi connectivity index (χ3v) is 4.66. The van der Waals surface area contributed by atoms with Gasteiger partial charge in [0.2, 0.25) is 0 Å². The normalized spacial score (nSPS) is 27.0. The second-order valence-corrected chi connectivity index (χ2v) is 9.69. The van der Waals surface area contributed by atoms with Crippen LogP contribution in [0.2, 0.25) is 0 Å². The number of carbonyl (C=O) groups excluding carboxylic acids is 2. The van der Waals surface area contributed by atoms with Crippen LogP contribution in [0.3, 0.4) is 0 Å². The summed E-state index contributed by atoms with van der Waals surface area (Å²) in [6.45, 7) is 11.0. The molecule has 1 unspecified atom stereocenters. The van der Waals surface area contributed by atoms with Crippen molar-refractivity contribution in [3.05, 3.63) is 33.1 Å². The van der Waals surface area contributed by atoms with Gasteiger partial charge in [-0.05, 0) is 48.5 Å². The fraction of sp³-hybridized carbons (Fsp3) is 0.700. The molecule has 1 aliphatic rings. The Morgan fingerprint density at radius 2 is 1.73 bits per heavy atom. The Balaban J connectivity index is 2.39. The number of carbonyl (C=O) groups is 2. The Morgan fingerprint density at radius 3 is 2.23 bits per heavy atom. The maximum atomic E-state index is 12.5. The van der Waals surface area contributed by atoms with Crippen molar-refractivity contribution in [2.24, 2.45) is 10.8 Å². The molecule has 1 fully saturated rings. The quantitative estimate of drug-likeness (QED) is 0.673. The summed E-state index contributed by atoms with van der Waals surface area (Å²) in [4.78, 5) is 50.4. The van der Waals surface area contributed by atoms with E-state index in [1.54, 1.807) is 41.5 Å². The van der Waals surface area contributed by atoms with E-state index < -0.39 is 58.1 Å². The van der Waals surface area contributed by atoms with E-state index in [1.807, 2.05) is 0 Å². The first-order chi connectivity index (χ1) is 13.5. The van der Waals surface area contributed by atoms with Gasteiger partial charge in [-0.1, -0.05) is 0 Å². The zero-order chi connectivity index (χ0) is 23.1. The molecular formula is C20H30N2O8. The van der Waals surface area contributed by atoms with E-state index in [-0.39, 0.29) is 6.61 Å². The Hall–Kier alpha value is -2.46. The highest BCUT2D eigenvalue weighted by Crippen LogP contribution is 2.40. The van der Waals surface area contributed by atoms with Crippen molar-refractivity contribution >= 4 is 11.9 Å². The summed E-state index contributed by atoms with van der Waals surface area (Å²) in [5, 5.41) is 11.2. The first kappa shape index (κ1) is 23.8. The minimum atomic E-state index is -1.86. The summed E-state index contributed by atoms with van der Waals surface area (Å²) in [6, 6.07) is 1.10. The van der Waals surface area contributed by atoms with Crippen molar-refractivity contribution in [2.45, 2.75) is 72.5 Å². The van der Waals surface area contributed by atoms with Crippen molar-refractivity contribution in [3.8, 4) is 0 Å². The number of rotatable bonds is 4. The van der Waals surface area contributed by atoms with Gasteiger partial charge in [0.1, 0.15) is 18.3 Å². The second kappa shape index (κ2) is 7.99. The van der Waals surface area contributed by atoms with Gasteiger partial charge >= 0.3 is 17.6 Å². The minimum absolute atomic E-state index is 0.303. The van der Waals surface area contributed by atoms with Gasteiger partial charge in [-0.3, -0.25) is 23.9 Å². The lowest BCUT2D eigenvalue weighted by Gasteiger charge is -2.32. The molecule has 10 heteroatoms. The van der Waals surface area contributed by atoms with Crippen LogP contribution in [0.15, 0.2) is 21.9 Å². The molecule has 1 aromatic heterocycles. The van der Waals surface area contributed by atoms with Gasteiger partial charge in [0.15, 0.2) is 12.3 Å². The lowest BCUT2D eigenvalue weighted by Crippen LogP contribution is -2.50. The second-order valence-electron chi connectivity index (χ2n) is 9.69. The third kappa shape index (κ3) is 4.99. The zero-order valence-electron chi connectivity index (χ0n) is 18.3. The molecule has 4 atom stereocenters. The van der Waals surface area contributed by atoms with Gasteiger partial charge in [0, 0.05) is 12.3 Å². The highest BCUT2D eigenvalue weighted by molar-refractivity contribution is 5.76. The molecule has 30 heavy (non-hydrogen) atoms. The van der Waals surface area contributed by atoms with Crippen LogP contribution in [0.25, 0.3) is 0 Å². The van der Waals surface area contributed by atoms with E-state index in [9.17, 15) is 24.3 Å². The van der Waals surface area contributed by atoms with Crippen molar-refractivity contribution in [1.82, 2.24) is 9.55 Å². The highest BCUT2D eigenvalue weighted by atomic mass is 16.6. The number of aliphatic hydroxyl groups is 1. The molecule has 2 N–H and O–H groups in total. The molecule has 0 saturated carbocycles. The van der Waals surface area contributed by atoms with E-state index >= 15 is 0 Å². The van der Waals surface area contributed by atoms with Gasteiger partial charge < -0.3 is 19.3 Å². The van der Waals surface area contributed by atoms with Gasteiger partial charge in [-0.15, -0.1) is 0 Å². The smallest absolute Gasteiger partial charge is 0.330 e. The van der Waals surface area contributed by atoms with Crippen LogP contribution in [0, 0.1) is 10.8 Å². The van der Waals surface area contributed by atoms with Crippen molar-refractivity contribution in [3.63, 3.8) is 0 Å². The van der Waals surface area contributed by atoms with Crippen LogP contribution < -0.4 is 11.2 Å². The molecule has 1 aromatic rings. The fourth-order valence-corrected chi connectivity index (χ4v) is 2.84. The molecule has 0 spiro atoms. The number of ether oxygens (including phenoxy) is 3. The van der Waals surface area contributed by atoms with Gasteiger partial charge in [0.05, 0.1) is 10.8 Å². The molecule has 0 bridgehead atoms. The van der Waals surface area contributed by atoms with Crippen LogP contribution in [-0.2, 0) is 23.8 Å². The maximum Gasteiger partial charge on any atom is 0.330 e. The molecule has 0 aromatic carbocycles. The monoisotopic (exact) mass is 426 g/mol. The molecular weight excluding hydrogens is 396 g/mol. The molecule has 0 radical (unpaired) electrons. The standard InChI is InChI=1S/C20H30N2O8/c1-18(2,3)15(24)28-10-11-13(30-16(25)19(4,5)6)20(7,27)14(29-11)22-9-8-12(23)21-17(22)26/h8-9,11,13-14,27H,10H2,1-7H3,(H,21,23,26)/t11-,13-,14?,20+/m1/s1. The van der Waals surface area contributed by atoms with Crippen LogP contribution in [0.5, 0.6) is 0 Å². The van der Waals surface area contributed by atoms with Crippen LogP contribution in [-0.4, -0.2) is 51.0 Å². The molecule has 1 saturated heterocycles. The summed E-state index contributed by atoms with van der Waals surface area (Å²) in [6.07, 6.45) is -2.40. The van der Waals surface area contributed by atoms with Crippen molar-refractivity contribution in [1.29, 1.82) is 0 Å². The fourth-order valence-electron chi connectivity index (χ4n) is 2.84. The number of H-pyrrole nitrogens is 1. The number of hydrogen-bond donors (Lipinski definition) is 2. The van der Waals surface area contributed by atoms with E-state index in [4.69, 9.17) is 14.2 Å². The summed E-state index contributed by atoms with van der Waals surface area (Å²) in [5.41, 5.74) is -4.91. The topological polar surface area (TPSA) is 137 Å². The number of nitrogens with zero attached hydrogens (tertiary/aromatic N) is 1. The minimum Gasteiger partial charge on any atom is -0.462 e. The van der Waals surface area contributed by atoms with Gasteiger partial charge in [0.25, 0.3) is 5.56 Å². The van der Waals surface area contributed by atoms with E-state index in [1.165, 1.54) is 13.1 Å². The van der Waals surface area contributed by atoms with Gasteiger partial charge in [-0.2, -0.15) is 0 Å². The van der Waals surface area contributed by atoms with Crippen LogP contribution >= 0.6 is 0 Å². The predicted molar refractivity (Wildman–Crippen MR) is 106 cm³/mol. The summed E-state index contributed by atoms with van der Waals surface area (Å²) >= 11 is 0. The summed E-state index contributed by atoms with van der Waals surface area (Å²) in [5.74, 6) is -1.10. The molecule has 2 heterocycles. The van der Waals surface area contributed by atoms with E-state index in [0.29, 0.717) is 0 Å². The Bertz CT molecular complexity index is 916. The molecule has 0 aliphatic carbocycles.